The Morgan fingerprint density at radius 2 is 1.88 bits per heavy atom. The molecule has 0 aliphatic heterocycles. The van der Waals surface area contributed by atoms with E-state index >= 15 is 0 Å². The van der Waals surface area contributed by atoms with Crippen molar-refractivity contribution in [3.63, 3.8) is 0 Å². The number of esters is 1. The Kier molecular flexibility index (Phi) is 6.16. The van der Waals surface area contributed by atoms with Crippen LogP contribution in [0.1, 0.15) is 23.7 Å². The molecule has 1 aromatic heterocycles. The lowest BCUT2D eigenvalue weighted by Crippen LogP contribution is -2.17. The van der Waals surface area contributed by atoms with Crippen LogP contribution >= 0.6 is 11.6 Å². The summed E-state index contributed by atoms with van der Waals surface area (Å²) in [7, 11) is -2.14. The third kappa shape index (κ3) is 5.30. The summed E-state index contributed by atoms with van der Waals surface area (Å²) in [5, 5.41) is 11.0. The molecule has 0 atom stereocenters. The first-order valence-electron chi connectivity index (χ1n) is 7.33. The maximum atomic E-state index is 11.7. The molecule has 0 bridgehead atoms. The summed E-state index contributed by atoms with van der Waals surface area (Å²) in [5.74, 6) is -0.0350. The average Bonchev–Trinajstić information content (AvgIpc) is 2.57. The van der Waals surface area contributed by atoms with Crippen LogP contribution in [0.25, 0.3) is 0 Å². The molecule has 0 amide bonds. The fourth-order valence-corrected chi connectivity index (χ4v) is 3.17. The number of nitrogens with zero attached hydrogens (tertiary/aromatic N) is 2. The van der Waals surface area contributed by atoms with Crippen molar-refractivity contribution in [3.8, 4) is 0 Å². The minimum atomic E-state index is -3.43. The van der Waals surface area contributed by atoms with E-state index in [4.69, 9.17) is 11.6 Å². The summed E-state index contributed by atoms with van der Waals surface area (Å²) in [5.41, 5.74) is 0.768. The summed E-state index contributed by atoms with van der Waals surface area (Å²) in [4.78, 5) is 11.6. The van der Waals surface area contributed by atoms with E-state index in [0.717, 1.165) is 0 Å². The summed E-state index contributed by atoms with van der Waals surface area (Å²) in [6.45, 7) is 1.77. The van der Waals surface area contributed by atoms with Gasteiger partial charge in [-0.05, 0) is 36.8 Å². The van der Waals surface area contributed by atoms with Crippen LogP contribution in [0.5, 0.6) is 0 Å². The number of carbonyl (C=O) groups excluding carboxylic acids is 1. The second kappa shape index (κ2) is 8.13. The predicted molar refractivity (Wildman–Crippen MR) is 95.8 cm³/mol. The Labute approximate surface area is 150 Å². The Hall–Kier alpha value is -2.39. The lowest BCUT2D eigenvalue weighted by atomic mass is 10.2. The smallest absolute Gasteiger partial charge is 0.337 e. The number of aromatic nitrogens is 2. The molecule has 25 heavy (non-hydrogen) atoms. The summed E-state index contributed by atoms with van der Waals surface area (Å²) >= 11 is 6.09. The standard InChI is InChI=1S/C15H17ClN4O4S/c1-3-8-25(22,23)20-14-7-6-13(18-19-14)17-12-9-10(15(21)24-2)4-5-11(12)16/h4-7,9H,3,8H2,1-2H3,(H,17,18)(H,19,20). The summed E-state index contributed by atoms with van der Waals surface area (Å²) < 4.78 is 30.4. The van der Waals surface area contributed by atoms with Crippen molar-refractivity contribution in [1.29, 1.82) is 0 Å². The van der Waals surface area contributed by atoms with Gasteiger partial charge in [0.05, 0.1) is 29.1 Å². The van der Waals surface area contributed by atoms with Gasteiger partial charge in [-0.1, -0.05) is 18.5 Å². The Balaban J connectivity index is 2.15. The van der Waals surface area contributed by atoms with Crippen LogP contribution in [0.15, 0.2) is 30.3 Å². The van der Waals surface area contributed by atoms with Crippen LogP contribution in [0.3, 0.4) is 0 Å². The molecule has 0 saturated heterocycles. The Bertz CT molecular complexity index is 856. The highest BCUT2D eigenvalue weighted by atomic mass is 35.5. The molecule has 0 spiro atoms. The number of anilines is 3. The molecule has 1 aromatic carbocycles. The number of hydrogen-bond acceptors (Lipinski definition) is 7. The van der Waals surface area contributed by atoms with Gasteiger partial charge in [-0.3, -0.25) is 4.72 Å². The second-order valence-electron chi connectivity index (χ2n) is 5.04. The number of rotatable bonds is 7. The van der Waals surface area contributed by atoms with Crippen molar-refractivity contribution in [2.24, 2.45) is 0 Å². The van der Waals surface area contributed by atoms with Crippen molar-refractivity contribution in [2.45, 2.75) is 13.3 Å². The first-order chi connectivity index (χ1) is 11.8. The van der Waals surface area contributed by atoms with Crippen LogP contribution in [-0.4, -0.2) is 37.4 Å². The minimum Gasteiger partial charge on any atom is -0.465 e. The molecule has 134 valence electrons. The van der Waals surface area contributed by atoms with Crippen LogP contribution < -0.4 is 10.0 Å². The topological polar surface area (TPSA) is 110 Å². The van der Waals surface area contributed by atoms with Crippen molar-refractivity contribution in [3.05, 3.63) is 40.9 Å². The van der Waals surface area contributed by atoms with E-state index in [1.165, 1.54) is 31.4 Å². The highest BCUT2D eigenvalue weighted by molar-refractivity contribution is 7.92. The van der Waals surface area contributed by atoms with Gasteiger partial charge >= 0.3 is 5.97 Å². The van der Waals surface area contributed by atoms with Crippen LogP contribution in [0.2, 0.25) is 5.02 Å². The first kappa shape index (κ1) is 18.9. The third-order valence-corrected chi connectivity index (χ3v) is 4.84. The van der Waals surface area contributed by atoms with Crippen molar-refractivity contribution < 1.29 is 17.9 Å². The number of benzene rings is 1. The van der Waals surface area contributed by atoms with Gasteiger partial charge < -0.3 is 10.1 Å². The molecule has 10 heteroatoms. The van der Waals surface area contributed by atoms with Gasteiger partial charge in [-0.15, -0.1) is 10.2 Å². The van der Waals surface area contributed by atoms with Gasteiger partial charge in [-0.25, -0.2) is 13.2 Å². The fourth-order valence-electron chi connectivity index (χ4n) is 1.94. The van der Waals surface area contributed by atoms with Gasteiger partial charge in [0.15, 0.2) is 11.6 Å². The van der Waals surface area contributed by atoms with Gasteiger partial charge in [-0.2, -0.15) is 0 Å². The molecule has 0 fully saturated rings. The lowest BCUT2D eigenvalue weighted by molar-refractivity contribution is 0.0601. The van der Waals surface area contributed by atoms with E-state index < -0.39 is 16.0 Å². The zero-order valence-electron chi connectivity index (χ0n) is 13.6. The molecule has 0 aliphatic carbocycles. The van der Waals surface area contributed by atoms with Crippen molar-refractivity contribution in [1.82, 2.24) is 10.2 Å². The number of carbonyl (C=O) groups is 1. The molecule has 2 rings (SSSR count). The van der Waals surface area contributed by atoms with Crippen LogP contribution in [0, 0.1) is 0 Å². The van der Waals surface area contributed by atoms with E-state index in [1.54, 1.807) is 13.0 Å². The van der Waals surface area contributed by atoms with Gasteiger partial charge in [0, 0.05) is 0 Å². The molecule has 8 nitrogen and oxygen atoms in total. The quantitative estimate of drug-likeness (QED) is 0.706. The highest BCUT2D eigenvalue weighted by Gasteiger charge is 2.12. The number of ether oxygens (including phenoxy) is 1. The highest BCUT2D eigenvalue weighted by Crippen LogP contribution is 2.26. The Morgan fingerprint density at radius 1 is 1.20 bits per heavy atom. The Morgan fingerprint density at radius 3 is 2.48 bits per heavy atom. The van der Waals surface area contributed by atoms with E-state index in [2.05, 4.69) is 25.0 Å². The van der Waals surface area contributed by atoms with Crippen molar-refractivity contribution in [2.75, 3.05) is 22.9 Å². The van der Waals surface area contributed by atoms with Gasteiger partial charge in [0.2, 0.25) is 10.0 Å². The van der Waals surface area contributed by atoms with E-state index in [9.17, 15) is 13.2 Å². The molecule has 2 N–H and O–H groups in total. The molecular weight excluding hydrogens is 368 g/mol. The van der Waals surface area contributed by atoms with Gasteiger partial charge in [0.1, 0.15) is 0 Å². The zero-order chi connectivity index (χ0) is 18.4. The normalized spacial score (nSPS) is 11.0. The SMILES string of the molecule is CCCS(=O)(=O)Nc1ccc(Nc2cc(C(=O)OC)ccc2Cl)nn1. The molecular formula is C15H17ClN4O4S. The number of hydrogen-bond donors (Lipinski definition) is 2. The van der Waals surface area contributed by atoms with Crippen LogP contribution in [-0.2, 0) is 14.8 Å². The maximum Gasteiger partial charge on any atom is 0.337 e. The zero-order valence-corrected chi connectivity index (χ0v) is 15.2. The molecule has 0 unspecified atom stereocenters. The lowest BCUT2D eigenvalue weighted by Gasteiger charge is -2.10. The maximum absolute atomic E-state index is 11.7. The monoisotopic (exact) mass is 384 g/mol. The van der Waals surface area contributed by atoms with E-state index in [-0.39, 0.29) is 11.6 Å². The average molecular weight is 385 g/mol. The molecule has 1 heterocycles. The molecule has 0 radical (unpaired) electrons. The number of nitrogens with one attached hydrogen (secondary N) is 2. The van der Waals surface area contributed by atoms with Gasteiger partial charge in [0.25, 0.3) is 0 Å². The molecule has 2 aromatic rings. The minimum absolute atomic E-state index is 0.00457. The fraction of sp³-hybridized carbons (Fsp3) is 0.267. The van der Waals surface area contributed by atoms with Crippen molar-refractivity contribution >= 4 is 44.9 Å². The first-order valence-corrected chi connectivity index (χ1v) is 9.36. The predicted octanol–water partition coefficient (Wildman–Crippen LogP) is 2.81. The number of sulfonamides is 1. The molecule has 0 saturated carbocycles. The van der Waals surface area contributed by atoms with Crippen LogP contribution in [0.4, 0.5) is 17.3 Å². The third-order valence-electron chi connectivity index (χ3n) is 3.05. The number of halogens is 1. The molecule has 0 aliphatic rings. The van der Waals surface area contributed by atoms with E-state index in [1.807, 2.05) is 0 Å². The second-order valence-corrected chi connectivity index (χ2v) is 7.29. The summed E-state index contributed by atoms with van der Waals surface area (Å²) in [6, 6.07) is 7.62. The number of methoxy groups -OCH3 is 1. The summed E-state index contributed by atoms with van der Waals surface area (Å²) in [6.07, 6.45) is 0.497. The van der Waals surface area contributed by atoms with E-state index in [0.29, 0.717) is 28.5 Å². The largest absolute Gasteiger partial charge is 0.465 e.